The van der Waals surface area contributed by atoms with Crippen LogP contribution in [0.25, 0.3) is 0 Å². The number of carboxylic acids is 1. The molecule has 13 aliphatic rings. The van der Waals surface area contributed by atoms with Gasteiger partial charge in [0, 0.05) is 84.3 Å². The number of nitrogens with zero attached hydrogens (tertiary/aromatic N) is 12. The van der Waals surface area contributed by atoms with Crippen molar-refractivity contribution < 1.29 is 106 Å². The Morgan fingerprint density at radius 3 is 0.690 bits per heavy atom. The van der Waals surface area contributed by atoms with Gasteiger partial charge >= 0.3 is 5.97 Å². The fourth-order valence-corrected chi connectivity index (χ4v) is 21.1. The molecule has 43 nitrogen and oxygen atoms in total. The smallest absolute Gasteiger partial charge is 0.322 e. The number of aliphatic carboxylic acids is 1. The monoisotopic (exact) mass is 1780 g/mol. The summed E-state index contributed by atoms with van der Waals surface area (Å²) in [6, 6.07) is -12.8. The lowest BCUT2D eigenvalue weighted by Crippen LogP contribution is -2.57. The first-order valence-corrected chi connectivity index (χ1v) is 45.7. The molecule has 0 bridgehead atoms. The molecule has 690 valence electrons. The van der Waals surface area contributed by atoms with E-state index >= 15 is 0 Å². The van der Waals surface area contributed by atoms with Gasteiger partial charge in [-0.15, -0.1) is 0 Å². The van der Waals surface area contributed by atoms with Gasteiger partial charge in [0.15, 0.2) is 0 Å². The number of rotatable bonds is 30. The van der Waals surface area contributed by atoms with E-state index in [-0.39, 0.29) is 141 Å². The van der Waals surface area contributed by atoms with Gasteiger partial charge in [-0.05, 0) is 173 Å². The Hall–Kier alpha value is -10.8. The highest BCUT2D eigenvalue weighted by atomic mass is 32.1. The van der Waals surface area contributed by atoms with E-state index < -0.39 is 236 Å². The van der Waals surface area contributed by atoms with Crippen molar-refractivity contribution in [2.75, 3.05) is 137 Å². The van der Waals surface area contributed by atoms with Gasteiger partial charge in [0.05, 0.1) is 45.3 Å². The second-order valence-electron chi connectivity index (χ2n) is 34.9. The van der Waals surface area contributed by atoms with Gasteiger partial charge in [-0.25, -0.2) is 0 Å². The van der Waals surface area contributed by atoms with Crippen LogP contribution < -0.4 is 47.9 Å². The van der Waals surface area contributed by atoms with Crippen LogP contribution in [0.3, 0.4) is 0 Å². The minimum atomic E-state index is -1.28. The molecule has 14 atom stereocenters. The fraction of sp³-hybridized carbons (Fsp3) is 0.744. The molecule has 0 unspecified atom stereocenters. The van der Waals surface area contributed by atoms with E-state index in [9.17, 15) is 101 Å². The summed E-state index contributed by atoms with van der Waals surface area (Å²) in [5.41, 5.74) is 0. The molecule has 13 saturated heterocycles. The Balaban J connectivity index is 0.512. The summed E-state index contributed by atoms with van der Waals surface area (Å²) in [5, 5.41) is 33.0. The first-order chi connectivity index (χ1) is 60.6. The van der Waals surface area contributed by atoms with Gasteiger partial charge in [-0.1, -0.05) is 0 Å². The third kappa shape index (κ3) is 20.9. The molecule has 20 amide bonds. The average molecular weight is 1780 g/mol. The second kappa shape index (κ2) is 42.2. The van der Waals surface area contributed by atoms with Crippen LogP contribution in [0.1, 0.15) is 167 Å². The Kier molecular flexibility index (Phi) is 31.1. The van der Waals surface area contributed by atoms with E-state index in [2.05, 4.69) is 60.5 Å². The first kappa shape index (κ1) is 92.8. The van der Waals surface area contributed by atoms with Crippen LogP contribution in [0.15, 0.2) is 0 Å². The van der Waals surface area contributed by atoms with Crippen molar-refractivity contribution in [1.82, 2.24) is 107 Å². The molecule has 44 heteroatoms. The van der Waals surface area contributed by atoms with Gasteiger partial charge < -0.3 is 112 Å². The molecule has 126 heavy (non-hydrogen) atoms. The summed E-state index contributed by atoms with van der Waals surface area (Å²) >= 11 is 4.30. The lowest BCUT2D eigenvalue weighted by atomic mass is 10.1. The van der Waals surface area contributed by atoms with Crippen LogP contribution in [-0.4, -0.2) is 409 Å². The Morgan fingerprint density at radius 1 is 0.254 bits per heavy atom. The normalized spacial score (nSPS) is 27.3. The molecular formula is C82H119N21O22S. The predicted molar refractivity (Wildman–Crippen MR) is 442 cm³/mol. The number of carboxylic acid groups (broad SMARTS) is 1. The van der Waals surface area contributed by atoms with Crippen LogP contribution in [0.2, 0.25) is 0 Å². The van der Waals surface area contributed by atoms with Crippen molar-refractivity contribution in [2.24, 2.45) is 0 Å². The average Bonchev–Trinajstić information content (AvgIpc) is 1.68. The second-order valence-corrected chi connectivity index (χ2v) is 35.3. The topological polar surface area (TPSA) is 526 Å². The maximum absolute atomic E-state index is 14.4. The summed E-state index contributed by atoms with van der Waals surface area (Å²) in [6.45, 7) is -0.166. The van der Waals surface area contributed by atoms with Gasteiger partial charge in [0.1, 0.15) is 85.1 Å². The Labute approximate surface area is 734 Å². The zero-order valence-corrected chi connectivity index (χ0v) is 72.0. The first-order valence-electron chi connectivity index (χ1n) is 45.0. The molecule has 0 saturated carbocycles. The Bertz CT molecular complexity index is 4250. The standard InChI is InChI=1S/C82H119N21O22S/c104-62(41-85-71(114)51-16-4-35-99(51)79(122)58-23-10-30-94(58)64(106)42-86-70(113)50-15-3-34-98(50)77(120)48-14-1-27-83-48)92-28-2-21-56(92)76(119)91-49(47-126)69(112)84-40-63(105)93-29-9-22-57(93)78(121)100-36-5-17-52(100)72(115)87-43-65(107)95-31-11-24-59(95)80(123)101-37-6-18-53(101)73(116)88-44-66(108)96-32-12-25-60(96)81(124)102-38-7-19-54(102)74(117)89-45-67(109)97-33-13-26-61(97)82(125)103-39-8-20-55(103)75(118)90-46-68(110)111/h48-61,83,126H,1-47H2,(H,84,112)(H,85,114)(H,86,113)(H,87,115)(H,88,116)(H,89,117)(H,90,118)(H,91,119)(H,110,111)/t48-,49-,50-,51-,52-,53-,54-,55-,56-,57-,58-,59-,60-,61-/m0/s1. The van der Waals surface area contributed by atoms with Crippen LogP contribution >= 0.6 is 12.6 Å². The summed E-state index contributed by atoms with van der Waals surface area (Å²) in [6.07, 6.45) is 10.9. The van der Waals surface area contributed by atoms with Crippen LogP contribution in [0.5, 0.6) is 0 Å². The molecule has 13 rings (SSSR count). The molecule has 13 fully saturated rings. The zero-order chi connectivity index (χ0) is 89.7. The third-order valence-electron chi connectivity index (χ3n) is 27.3. The number of amides is 20. The minimum Gasteiger partial charge on any atom is -0.480 e. The maximum atomic E-state index is 14.4. The van der Waals surface area contributed by atoms with E-state index in [1.165, 1.54) is 53.9 Å². The molecule has 13 heterocycles. The highest BCUT2D eigenvalue weighted by Crippen LogP contribution is 2.33. The molecule has 0 radical (unpaired) electrons. The van der Waals surface area contributed by atoms with Crippen LogP contribution in [0.4, 0.5) is 0 Å². The van der Waals surface area contributed by atoms with E-state index in [0.717, 1.165) is 13.0 Å². The van der Waals surface area contributed by atoms with Crippen molar-refractivity contribution in [1.29, 1.82) is 0 Å². The molecule has 0 aromatic rings. The van der Waals surface area contributed by atoms with E-state index in [1.54, 1.807) is 4.90 Å². The fourth-order valence-electron chi connectivity index (χ4n) is 20.9. The number of carbonyl (C=O) groups excluding carboxylic acids is 20. The zero-order valence-electron chi connectivity index (χ0n) is 71.2. The number of hydrogen-bond acceptors (Lipinski definition) is 23. The summed E-state index contributed by atoms with van der Waals surface area (Å²) in [4.78, 5) is 304. The number of likely N-dealkylation sites (tertiary alicyclic amines) is 12. The van der Waals surface area contributed by atoms with Crippen LogP contribution in [0, 0.1) is 0 Å². The molecule has 13 aliphatic heterocycles. The largest absolute Gasteiger partial charge is 0.480 e. The highest BCUT2D eigenvalue weighted by Gasteiger charge is 2.51. The van der Waals surface area contributed by atoms with E-state index in [1.807, 2.05) is 0 Å². The maximum Gasteiger partial charge on any atom is 0.322 e. The molecule has 0 aliphatic carbocycles. The van der Waals surface area contributed by atoms with Crippen molar-refractivity contribution >= 4 is 137 Å². The van der Waals surface area contributed by atoms with Gasteiger partial charge in [-0.3, -0.25) is 101 Å². The molecule has 0 aromatic heterocycles. The molecule has 0 aromatic carbocycles. The van der Waals surface area contributed by atoms with Crippen LogP contribution in [-0.2, 0) is 101 Å². The van der Waals surface area contributed by atoms with Crippen molar-refractivity contribution in [3.63, 3.8) is 0 Å². The van der Waals surface area contributed by atoms with E-state index in [4.69, 9.17) is 5.11 Å². The number of nitrogens with one attached hydrogen (secondary N) is 9. The summed E-state index contributed by atoms with van der Waals surface area (Å²) in [7, 11) is 0. The summed E-state index contributed by atoms with van der Waals surface area (Å²) in [5.74, 6) is -12.2. The van der Waals surface area contributed by atoms with Crippen molar-refractivity contribution in [3.05, 3.63) is 0 Å². The SMILES string of the molecule is O=C(O)CNC(=O)[C@@H]1CCCN1C(=O)[C@@H]1CCCN1C(=O)CNC(=O)[C@@H]1CCCN1C(=O)[C@@H]1CCCN1C(=O)CNC(=O)[C@@H]1CCCN1C(=O)[C@@H]1CCCN1C(=O)CNC(=O)[C@@H]1CCCN1C(=O)[C@@H]1CCCN1C(=O)CNC(=O)[C@H](CS)NC(=O)[C@@H]1CCCN1C(=O)CNC(=O)[C@@H]1CCCN1C(=O)[C@@H]1CCCN1C(=O)CNC(=O)[C@@H]1CCCN1C(=O)[C@@H]1CCCN1. The highest BCUT2D eigenvalue weighted by molar-refractivity contribution is 7.80. The van der Waals surface area contributed by atoms with Crippen molar-refractivity contribution in [3.8, 4) is 0 Å². The lowest BCUT2D eigenvalue weighted by molar-refractivity contribution is -0.148. The van der Waals surface area contributed by atoms with Gasteiger partial charge in [0.25, 0.3) is 0 Å². The van der Waals surface area contributed by atoms with Crippen molar-refractivity contribution in [2.45, 2.75) is 252 Å². The minimum absolute atomic E-state index is 0.127. The lowest BCUT2D eigenvalue weighted by Gasteiger charge is -2.32. The predicted octanol–water partition coefficient (Wildman–Crippen LogP) is -7.06. The number of carbonyl (C=O) groups is 21. The molecule has 10 N–H and O–H groups in total. The quantitative estimate of drug-likeness (QED) is 0.0298. The van der Waals surface area contributed by atoms with Gasteiger partial charge in [0.2, 0.25) is 118 Å². The van der Waals surface area contributed by atoms with E-state index in [0.29, 0.717) is 122 Å². The molecular weight excluding hydrogens is 1660 g/mol. The van der Waals surface area contributed by atoms with Gasteiger partial charge in [-0.2, -0.15) is 12.6 Å². The Morgan fingerprint density at radius 2 is 0.460 bits per heavy atom. The number of hydrogen-bond donors (Lipinski definition) is 11. The molecule has 0 spiro atoms. The summed E-state index contributed by atoms with van der Waals surface area (Å²) < 4.78 is 0. The third-order valence-corrected chi connectivity index (χ3v) is 27.6. The number of thiol groups is 1.